The third kappa shape index (κ3) is 4.63. The van der Waals surface area contributed by atoms with Gasteiger partial charge in [0.05, 0.1) is 12.1 Å². The molecule has 3 heterocycles. The Labute approximate surface area is 167 Å². The number of carbonyl (C=O) groups excluding carboxylic acids is 2. The van der Waals surface area contributed by atoms with Gasteiger partial charge in [0.15, 0.2) is 0 Å². The Morgan fingerprint density at radius 1 is 1.46 bits per heavy atom. The molecule has 1 aliphatic rings. The van der Waals surface area contributed by atoms with Crippen molar-refractivity contribution in [3.8, 4) is 6.07 Å². The van der Waals surface area contributed by atoms with Crippen LogP contribution in [0.2, 0.25) is 0 Å². The molecule has 0 aliphatic carbocycles. The summed E-state index contributed by atoms with van der Waals surface area (Å²) in [5, 5.41) is 12.9. The van der Waals surface area contributed by atoms with Crippen molar-refractivity contribution in [2.45, 2.75) is 25.8 Å². The number of nitrogens with two attached hydrogens (primary N) is 1. The van der Waals surface area contributed by atoms with Gasteiger partial charge in [-0.05, 0) is 42.7 Å². The number of amides is 2. The van der Waals surface area contributed by atoms with Crippen LogP contribution in [-0.2, 0) is 22.6 Å². The quantitative estimate of drug-likeness (QED) is 0.729. The summed E-state index contributed by atoms with van der Waals surface area (Å²) < 4.78 is 0. The van der Waals surface area contributed by atoms with Gasteiger partial charge in [-0.15, -0.1) is 11.3 Å². The highest BCUT2D eigenvalue weighted by molar-refractivity contribution is 7.16. The molecule has 0 aromatic carbocycles. The van der Waals surface area contributed by atoms with Crippen molar-refractivity contribution >= 4 is 34.2 Å². The number of thiophene rings is 1. The van der Waals surface area contributed by atoms with Crippen molar-refractivity contribution in [3.05, 3.63) is 52.2 Å². The van der Waals surface area contributed by atoms with Crippen LogP contribution in [0.1, 0.15) is 34.4 Å². The molecular weight excluding hydrogens is 374 g/mol. The number of rotatable bonds is 6. The summed E-state index contributed by atoms with van der Waals surface area (Å²) in [6.45, 7) is 1.54. The first kappa shape index (κ1) is 19.7. The highest BCUT2D eigenvalue weighted by atomic mass is 32.1. The molecule has 1 aliphatic heterocycles. The molecule has 0 unspecified atom stereocenters. The minimum atomic E-state index is -0.310. The maximum Gasteiger partial charge on any atom is 0.249 e. The number of nitrogens with zero attached hydrogens (tertiary/aromatic N) is 3. The smallest absolute Gasteiger partial charge is 0.249 e. The van der Waals surface area contributed by atoms with Crippen LogP contribution in [0.25, 0.3) is 6.08 Å². The van der Waals surface area contributed by atoms with Gasteiger partial charge in [0.25, 0.3) is 0 Å². The lowest BCUT2D eigenvalue weighted by atomic mass is 10.0. The van der Waals surface area contributed by atoms with E-state index in [1.807, 2.05) is 6.07 Å². The van der Waals surface area contributed by atoms with Gasteiger partial charge in [0.1, 0.15) is 11.1 Å². The van der Waals surface area contributed by atoms with Crippen LogP contribution in [0.5, 0.6) is 0 Å². The van der Waals surface area contributed by atoms with E-state index in [1.54, 1.807) is 29.4 Å². The number of aromatic nitrogens is 1. The van der Waals surface area contributed by atoms with Crippen molar-refractivity contribution in [2.24, 2.45) is 5.73 Å². The fourth-order valence-corrected chi connectivity index (χ4v) is 4.25. The lowest BCUT2D eigenvalue weighted by molar-refractivity contribution is -0.132. The summed E-state index contributed by atoms with van der Waals surface area (Å²) in [4.78, 5) is 31.3. The van der Waals surface area contributed by atoms with E-state index in [-0.39, 0.29) is 11.8 Å². The molecule has 144 valence electrons. The zero-order valence-electron chi connectivity index (χ0n) is 15.4. The van der Waals surface area contributed by atoms with Gasteiger partial charge in [-0.1, -0.05) is 6.07 Å². The summed E-state index contributed by atoms with van der Waals surface area (Å²) in [6.07, 6.45) is 8.12. The Balaban J connectivity index is 1.71. The predicted molar refractivity (Wildman–Crippen MR) is 108 cm³/mol. The molecule has 3 N–H and O–H groups in total. The number of nitrogens with one attached hydrogen (secondary N) is 1. The molecule has 0 saturated heterocycles. The molecule has 0 radical (unpaired) electrons. The van der Waals surface area contributed by atoms with E-state index in [0.717, 1.165) is 16.0 Å². The lowest BCUT2D eigenvalue weighted by Crippen LogP contribution is -2.35. The number of hydrogen-bond acceptors (Lipinski definition) is 6. The molecule has 0 atom stereocenters. The first-order valence-electron chi connectivity index (χ1n) is 9.04. The van der Waals surface area contributed by atoms with E-state index in [2.05, 4.69) is 16.4 Å². The van der Waals surface area contributed by atoms with Crippen LogP contribution in [0.4, 0.5) is 5.00 Å². The van der Waals surface area contributed by atoms with E-state index in [4.69, 9.17) is 5.73 Å². The van der Waals surface area contributed by atoms with Gasteiger partial charge in [0, 0.05) is 36.3 Å². The normalized spacial score (nSPS) is 13.2. The van der Waals surface area contributed by atoms with Gasteiger partial charge < -0.3 is 16.0 Å². The molecule has 0 saturated carbocycles. The molecule has 28 heavy (non-hydrogen) atoms. The number of pyridine rings is 1. The highest BCUT2D eigenvalue weighted by Crippen LogP contribution is 2.36. The van der Waals surface area contributed by atoms with Crippen molar-refractivity contribution in [3.63, 3.8) is 0 Å². The van der Waals surface area contributed by atoms with Crippen molar-refractivity contribution in [2.75, 3.05) is 18.4 Å². The van der Waals surface area contributed by atoms with E-state index in [1.165, 1.54) is 17.4 Å². The molecule has 0 fully saturated rings. The second-order valence-electron chi connectivity index (χ2n) is 6.39. The molecule has 0 spiro atoms. The summed E-state index contributed by atoms with van der Waals surface area (Å²) in [6, 6.07) is 5.84. The van der Waals surface area contributed by atoms with Crippen LogP contribution in [0.3, 0.4) is 0 Å². The summed E-state index contributed by atoms with van der Waals surface area (Å²) in [7, 11) is 0. The zero-order valence-corrected chi connectivity index (χ0v) is 16.2. The van der Waals surface area contributed by atoms with Crippen LogP contribution >= 0.6 is 11.3 Å². The fourth-order valence-electron chi connectivity index (χ4n) is 3.03. The first-order valence-corrected chi connectivity index (χ1v) is 9.85. The van der Waals surface area contributed by atoms with E-state index in [0.29, 0.717) is 49.5 Å². The average molecular weight is 395 g/mol. The second kappa shape index (κ2) is 9.26. The number of carbonyl (C=O) groups is 2. The summed E-state index contributed by atoms with van der Waals surface area (Å²) in [5.41, 5.74) is 7.72. The minimum Gasteiger partial charge on any atom is -0.337 e. The second-order valence-corrected chi connectivity index (χ2v) is 7.49. The van der Waals surface area contributed by atoms with Crippen LogP contribution < -0.4 is 11.1 Å². The Kier molecular flexibility index (Phi) is 6.53. The fraction of sp³-hybridized carbons (Fsp3) is 0.300. The Hall–Kier alpha value is -3.02. The number of nitriles is 1. The molecule has 2 aromatic rings. The molecular formula is C20H21N5O2S. The minimum absolute atomic E-state index is 0.0768. The number of hydrogen-bond donors (Lipinski definition) is 2. The summed E-state index contributed by atoms with van der Waals surface area (Å²) in [5.74, 6) is -0.233. The van der Waals surface area contributed by atoms with Gasteiger partial charge in [0.2, 0.25) is 11.8 Å². The topological polar surface area (TPSA) is 112 Å². The maximum atomic E-state index is 12.3. The van der Waals surface area contributed by atoms with Gasteiger partial charge >= 0.3 is 0 Å². The molecule has 0 bridgehead atoms. The Bertz CT molecular complexity index is 930. The van der Waals surface area contributed by atoms with Crippen LogP contribution in [0.15, 0.2) is 30.6 Å². The molecule has 2 amide bonds. The van der Waals surface area contributed by atoms with Crippen LogP contribution in [0, 0.1) is 11.3 Å². The third-order valence-electron chi connectivity index (χ3n) is 4.46. The number of anilines is 1. The van der Waals surface area contributed by atoms with Crippen molar-refractivity contribution < 1.29 is 9.59 Å². The van der Waals surface area contributed by atoms with Gasteiger partial charge in [-0.2, -0.15) is 5.26 Å². The van der Waals surface area contributed by atoms with E-state index < -0.39 is 0 Å². The maximum absolute atomic E-state index is 12.3. The first-order chi connectivity index (χ1) is 13.6. The predicted octanol–water partition coefficient (Wildman–Crippen LogP) is 2.29. The van der Waals surface area contributed by atoms with Gasteiger partial charge in [-0.3, -0.25) is 14.6 Å². The Morgan fingerprint density at radius 3 is 3.04 bits per heavy atom. The highest BCUT2D eigenvalue weighted by Gasteiger charge is 2.27. The largest absolute Gasteiger partial charge is 0.337 e. The third-order valence-corrected chi connectivity index (χ3v) is 5.60. The SMILES string of the molecule is N#Cc1c(NC(=O)C=Cc2cccnc2)sc2c1CCN(C(=O)CCCN)C2. The summed E-state index contributed by atoms with van der Waals surface area (Å²) >= 11 is 1.36. The molecule has 3 rings (SSSR count). The molecule has 2 aromatic heterocycles. The van der Waals surface area contributed by atoms with E-state index in [9.17, 15) is 14.9 Å². The standard InChI is InChI=1S/C20H21N5O2S/c21-8-1-4-19(27)25-10-7-15-16(11-22)20(28-17(15)13-25)24-18(26)6-5-14-3-2-9-23-12-14/h2-3,5-6,9,12H,1,4,7-8,10,13,21H2,(H,24,26). The molecule has 7 nitrogen and oxygen atoms in total. The van der Waals surface area contributed by atoms with Crippen LogP contribution in [-0.4, -0.2) is 34.8 Å². The van der Waals surface area contributed by atoms with E-state index >= 15 is 0 Å². The van der Waals surface area contributed by atoms with Gasteiger partial charge in [-0.25, -0.2) is 0 Å². The number of fused-ring (bicyclic) bond motifs is 1. The van der Waals surface area contributed by atoms with Crippen molar-refractivity contribution in [1.29, 1.82) is 5.26 Å². The molecule has 8 heteroatoms. The average Bonchev–Trinajstić information content (AvgIpc) is 3.07. The Morgan fingerprint density at radius 2 is 2.32 bits per heavy atom. The lowest BCUT2D eigenvalue weighted by Gasteiger charge is -2.27. The zero-order chi connectivity index (χ0) is 19.9. The monoisotopic (exact) mass is 395 g/mol. The van der Waals surface area contributed by atoms with Crippen molar-refractivity contribution in [1.82, 2.24) is 9.88 Å².